The maximum absolute atomic E-state index is 13.2. The van der Waals surface area contributed by atoms with Gasteiger partial charge < -0.3 is 15.1 Å². The number of hydrogen-bond acceptors (Lipinski definition) is 3. The quantitative estimate of drug-likeness (QED) is 0.876. The number of nitrogens with zero attached hydrogens (tertiary/aromatic N) is 1. The minimum absolute atomic E-state index is 0.0580. The third-order valence-corrected chi connectivity index (χ3v) is 2.92. The number of carbonyl (C=O) groups excluding carboxylic acids is 1. The summed E-state index contributed by atoms with van der Waals surface area (Å²) in [6, 6.07) is 5.06. The van der Waals surface area contributed by atoms with E-state index in [2.05, 4.69) is 0 Å². The van der Waals surface area contributed by atoms with E-state index in [0.717, 1.165) is 12.1 Å². The number of anilines is 1. The molecule has 1 amide bonds. The van der Waals surface area contributed by atoms with E-state index in [9.17, 15) is 13.6 Å². The first kappa shape index (κ1) is 14.0. The fourth-order valence-electron chi connectivity index (χ4n) is 1.84. The average molecular weight is 280 g/mol. The fourth-order valence-corrected chi connectivity index (χ4v) is 1.84. The van der Waals surface area contributed by atoms with Crippen LogP contribution in [-0.4, -0.2) is 17.4 Å². The molecule has 2 N–H and O–H groups in total. The van der Waals surface area contributed by atoms with Gasteiger partial charge in [0.2, 0.25) is 0 Å². The number of halogens is 2. The fraction of sp³-hybridized carbons (Fsp3) is 0.214. The molecule has 0 aliphatic carbocycles. The molecule has 0 saturated heterocycles. The summed E-state index contributed by atoms with van der Waals surface area (Å²) in [5.74, 6) is -2.05. The van der Waals surface area contributed by atoms with Crippen LogP contribution in [0.15, 0.2) is 34.9 Å². The molecule has 1 heterocycles. The van der Waals surface area contributed by atoms with Crippen molar-refractivity contribution in [2.45, 2.75) is 13.5 Å². The Morgan fingerprint density at radius 1 is 1.35 bits per heavy atom. The van der Waals surface area contributed by atoms with Crippen LogP contribution in [0.2, 0.25) is 0 Å². The van der Waals surface area contributed by atoms with Gasteiger partial charge in [-0.05, 0) is 25.1 Å². The first-order valence-electron chi connectivity index (χ1n) is 6.09. The summed E-state index contributed by atoms with van der Waals surface area (Å²) in [5, 5.41) is 0. The summed E-state index contributed by atoms with van der Waals surface area (Å²) < 4.78 is 31.4. The first-order valence-corrected chi connectivity index (χ1v) is 6.09. The van der Waals surface area contributed by atoms with Crippen molar-refractivity contribution in [1.82, 2.24) is 4.90 Å². The molecule has 106 valence electrons. The van der Waals surface area contributed by atoms with Gasteiger partial charge in [-0.1, -0.05) is 0 Å². The monoisotopic (exact) mass is 280 g/mol. The average Bonchev–Trinajstić information content (AvgIpc) is 2.92. The normalized spacial score (nSPS) is 10.6. The van der Waals surface area contributed by atoms with Gasteiger partial charge in [-0.25, -0.2) is 8.78 Å². The Labute approximate surface area is 114 Å². The van der Waals surface area contributed by atoms with Gasteiger partial charge in [0, 0.05) is 18.3 Å². The van der Waals surface area contributed by atoms with Gasteiger partial charge in [0.05, 0.1) is 18.4 Å². The van der Waals surface area contributed by atoms with Crippen LogP contribution in [0.1, 0.15) is 23.0 Å². The molecule has 0 atom stereocenters. The molecule has 1 aromatic carbocycles. The van der Waals surface area contributed by atoms with Crippen LogP contribution in [0.4, 0.5) is 14.5 Å². The number of amides is 1. The van der Waals surface area contributed by atoms with E-state index in [0.29, 0.717) is 12.3 Å². The minimum Gasteiger partial charge on any atom is -0.467 e. The Bertz CT molecular complexity index is 612. The number of rotatable bonds is 4. The van der Waals surface area contributed by atoms with Gasteiger partial charge in [0.25, 0.3) is 5.91 Å². The van der Waals surface area contributed by atoms with Gasteiger partial charge in [-0.2, -0.15) is 0 Å². The number of nitrogens with two attached hydrogens (primary N) is 1. The van der Waals surface area contributed by atoms with Gasteiger partial charge in [-0.15, -0.1) is 0 Å². The molecule has 0 unspecified atom stereocenters. The van der Waals surface area contributed by atoms with Crippen molar-refractivity contribution in [3.63, 3.8) is 0 Å². The molecular weight excluding hydrogens is 266 g/mol. The summed E-state index contributed by atoms with van der Waals surface area (Å²) in [7, 11) is 0. The van der Waals surface area contributed by atoms with E-state index in [1.165, 1.54) is 11.2 Å². The van der Waals surface area contributed by atoms with E-state index < -0.39 is 17.5 Å². The van der Waals surface area contributed by atoms with E-state index in [4.69, 9.17) is 10.2 Å². The Hall–Kier alpha value is -2.37. The standard InChI is InChI=1S/C14H14F2N2O2/c1-2-18(8-9-4-3-5-20-9)14(19)10-6-11(15)12(16)7-13(10)17/h3-7H,2,8,17H2,1H3. The molecule has 2 rings (SSSR count). The zero-order chi connectivity index (χ0) is 14.7. The molecule has 6 heteroatoms. The predicted octanol–water partition coefficient (Wildman–Crippen LogP) is 2.80. The van der Waals surface area contributed by atoms with Crippen molar-refractivity contribution in [2.75, 3.05) is 12.3 Å². The molecule has 1 aromatic heterocycles. The smallest absolute Gasteiger partial charge is 0.256 e. The molecule has 0 bridgehead atoms. The van der Waals surface area contributed by atoms with Crippen LogP contribution < -0.4 is 5.73 Å². The molecule has 0 aliphatic rings. The second-order valence-corrected chi connectivity index (χ2v) is 4.25. The Balaban J connectivity index is 2.26. The highest BCUT2D eigenvalue weighted by atomic mass is 19.2. The zero-order valence-electron chi connectivity index (χ0n) is 10.9. The summed E-state index contributed by atoms with van der Waals surface area (Å²) in [6.45, 7) is 2.40. The van der Waals surface area contributed by atoms with Gasteiger partial charge in [0.15, 0.2) is 11.6 Å². The summed E-state index contributed by atoms with van der Waals surface area (Å²) in [5.41, 5.74) is 5.43. The lowest BCUT2D eigenvalue weighted by Crippen LogP contribution is -2.31. The Morgan fingerprint density at radius 2 is 2.05 bits per heavy atom. The van der Waals surface area contributed by atoms with Crippen molar-refractivity contribution >= 4 is 11.6 Å². The molecule has 0 fully saturated rings. The highest BCUT2D eigenvalue weighted by Gasteiger charge is 2.20. The van der Waals surface area contributed by atoms with Crippen LogP contribution >= 0.6 is 0 Å². The molecule has 0 saturated carbocycles. The van der Waals surface area contributed by atoms with Crippen molar-refractivity contribution in [3.8, 4) is 0 Å². The maximum atomic E-state index is 13.2. The van der Waals surface area contributed by atoms with Crippen molar-refractivity contribution < 1.29 is 18.0 Å². The van der Waals surface area contributed by atoms with E-state index in [1.54, 1.807) is 19.1 Å². The highest BCUT2D eigenvalue weighted by molar-refractivity contribution is 5.99. The number of hydrogen-bond donors (Lipinski definition) is 1. The van der Waals surface area contributed by atoms with Crippen molar-refractivity contribution in [1.29, 1.82) is 0 Å². The zero-order valence-corrected chi connectivity index (χ0v) is 10.9. The molecule has 2 aromatic rings. The summed E-state index contributed by atoms with van der Waals surface area (Å²) in [6.07, 6.45) is 1.50. The number of carbonyl (C=O) groups is 1. The maximum Gasteiger partial charge on any atom is 0.256 e. The summed E-state index contributed by atoms with van der Waals surface area (Å²) in [4.78, 5) is 13.7. The highest BCUT2D eigenvalue weighted by Crippen LogP contribution is 2.20. The number of nitrogen functional groups attached to an aromatic ring is 1. The number of furan rings is 1. The largest absolute Gasteiger partial charge is 0.467 e. The molecule has 4 nitrogen and oxygen atoms in total. The second-order valence-electron chi connectivity index (χ2n) is 4.25. The molecule has 0 spiro atoms. The predicted molar refractivity (Wildman–Crippen MR) is 69.9 cm³/mol. The summed E-state index contributed by atoms with van der Waals surface area (Å²) >= 11 is 0. The molecule has 0 radical (unpaired) electrons. The van der Waals surface area contributed by atoms with E-state index in [1.807, 2.05) is 0 Å². The Kier molecular flexibility index (Phi) is 4.02. The first-order chi connectivity index (χ1) is 9.52. The lowest BCUT2D eigenvalue weighted by molar-refractivity contribution is 0.0742. The lowest BCUT2D eigenvalue weighted by Gasteiger charge is -2.20. The third-order valence-electron chi connectivity index (χ3n) is 2.92. The van der Waals surface area contributed by atoms with Gasteiger partial charge >= 0.3 is 0 Å². The van der Waals surface area contributed by atoms with Crippen LogP contribution in [-0.2, 0) is 6.54 Å². The van der Waals surface area contributed by atoms with Crippen LogP contribution in [0, 0.1) is 11.6 Å². The van der Waals surface area contributed by atoms with Crippen molar-refractivity contribution in [2.24, 2.45) is 0 Å². The molecular formula is C14H14F2N2O2. The van der Waals surface area contributed by atoms with Crippen LogP contribution in [0.25, 0.3) is 0 Å². The minimum atomic E-state index is -1.10. The third kappa shape index (κ3) is 2.79. The number of benzene rings is 1. The molecule has 0 aliphatic heterocycles. The van der Waals surface area contributed by atoms with Crippen LogP contribution in [0.3, 0.4) is 0 Å². The second kappa shape index (κ2) is 5.73. The Morgan fingerprint density at radius 3 is 2.65 bits per heavy atom. The topological polar surface area (TPSA) is 59.5 Å². The van der Waals surface area contributed by atoms with Gasteiger partial charge in [0.1, 0.15) is 5.76 Å². The van der Waals surface area contributed by atoms with E-state index in [-0.39, 0.29) is 17.8 Å². The van der Waals surface area contributed by atoms with Crippen molar-refractivity contribution in [3.05, 3.63) is 53.5 Å². The lowest BCUT2D eigenvalue weighted by atomic mass is 10.1. The SMILES string of the molecule is CCN(Cc1ccco1)C(=O)c1cc(F)c(F)cc1N. The van der Waals surface area contributed by atoms with E-state index >= 15 is 0 Å². The van der Waals surface area contributed by atoms with Gasteiger partial charge in [-0.3, -0.25) is 4.79 Å². The molecule has 20 heavy (non-hydrogen) atoms. The van der Waals surface area contributed by atoms with Crippen LogP contribution in [0.5, 0.6) is 0 Å².